The van der Waals surface area contributed by atoms with E-state index in [4.69, 9.17) is 0 Å². The lowest BCUT2D eigenvalue weighted by Crippen LogP contribution is -2.28. The number of carbonyl (C=O) groups is 1. The van der Waals surface area contributed by atoms with E-state index in [1.54, 1.807) is 52.5 Å². The van der Waals surface area contributed by atoms with Crippen molar-refractivity contribution in [3.05, 3.63) is 84.8 Å². The molecule has 0 saturated heterocycles. The minimum atomic E-state index is -0.317. The van der Waals surface area contributed by atoms with Crippen LogP contribution in [0.5, 0.6) is 0 Å². The SMILES string of the molecule is O=C(NCc1cccc(Cn2cncn2)c1)Nc1cccnc1-n1cccn1. The third-order valence-electron chi connectivity index (χ3n) is 4.01. The fourth-order valence-corrected chi connectivity index (χ4v) is 2.76. The number of aromatic nitrogens is 6. The summed E-state index contributed by atoms with van der Waals surface area (Å²) >= 11 is 0. The van der Waals surface area contributed by atoms with E-state index in [1.807, 2.05) is 24.3 Å². The third-order valence-corrected chi connectivity index (χ3v) is 4.01. The standard InChI is InChI=1S/C19H18N8O/c28-19(25-17-6-2-7-21-18(17)27-9-3-8-23-27)22-11-15-4-1-5-16(10-15)12-26-14-20-13-24-26/h1-10,13-14H,11-12H2,(H2,22,25,28). The van der Waals surface area contributed by atoms with Crippen LogP contribution < -0.4 is 10.6 Å². The van der Waals surface area contributed by atoms with Crippen molar-refractivity contribution in [2.45, 2.75) is 13.1 Å². The van der Waals surface area contributed by atoms with E-state index >= 15 is 0 Å². The van der Waals surface area contributed by atoms with E-state index in [0.717, 1.165) is 11.1 Å². The van der Waals surface area contributed by atoms with E-state index in [-0.39, 0.29) is 6.03 Å². The first kappa shape index (κ1) is 17.4. The highest BCUT2D eigenvalue weighted by Gasteiger charge is 2.09. The Balaban J connectivity index is 1.38. The summed E-state index contributed by atoms with van der Waals surface area (Å²) in [6.45, 7) is 1.03. The van der Waals surface area contributed by atoms with E-state index in [2.05, 4.69) is 30.8 Å². The number of nitrogens with zero attached hydrogens (tertiary/aromatic N) is 6. The van der Waals surface area contributed by atoms with Crippen molar-refractivity contribution in [3.8, 4) is 5.82 Å². The summed E-state index contributed by atoms with van der Waals surface area (Å²) < 4.78 is 3.35. The predicted molar refractivity (Wildman–Crippen MR) is 103 cm³/mol. The molecule has 0 radical (unpaired) electrons. The molecule has 2 N–H and O–H groups in total. The molecule has 0 fully saturated rings. The van der Waals surface area contributed by atoms with E-state index in [0.29, 0.717) is 24.6 Å². The minimum absolute atomic E-state index is 0.317. The molecular weight excluding hydrogens is 356 g/mol. The van der Waals surface area contributed by atoms with Gasteiger partial charge in [0.2, 0.25) is 0 Å². The van der Waals surface area contributed by atoms with E-state index in [9.17, 15) is 4.79 Å². The number of hydrogen-bond acceptors (Lipinski definition) is 5. The Bertz CT molecular complexity index is 1040. The molecule has 0 unspecified atom stereocenters. The molecule has 2 amide bonds. The molecule has 3 heterocycles. The summed E-state index contributed by atoms with van der Waals surface area (Å²) in [7, 11) is 0. The molecule has 0 aliphatic carbocycles. The van der Waals surface area contributed by atoms with Crippen LogP contribution in [0.2, 0.25) is 0 Å². The monoisotopic (exact) mass is 374 g/mol. The lowest BCUT2D eigenvalue weighted by atomic mass is 10.1. The predicted octanol–water partition coefficient (Wildman–Crippen LogP) is 2.23. The molecule has 4 aromatic rings. The number of nitrogens with one attached hydrogen (secondary N) is 2. The first-order valence-electron chi connectivity index (χ1n) is 8.68. The molecule has 1 aromatic carbocycles. The fraction of sp³-hybridized carbons (Fsp3) is 0.105. The van der Waals surface area contributed by atoms with Gasteiger partial charge in [0.1, 0.15) is 12.7 Å². The maximum Gasteiger partial charge on any atom is 0.319 e. The molecule has 0 atom stereocenters. The summed E-state index contributed by atoms with van der Waals surface area (Å²) in [6.07, 6.45) is 8.26. The second-order valence-electron chi connectivity index (χ2n) is 6.05. The van der Waals surface area contributed by atoms with Gasteiger partial charge in [-0.05, 0) is 29.3 Å². The summed E-state index contributed by atoms with van der Waals surface area (Å²) in [4.78, 5) is 20.6. The Morgan fingerprint density at radius 1 is 1.04 bits per heavy atom. The number of amides is 2. The molecule has 4 rings (SSSR count). The van der Waals surface area contributed by atoms with Gasteiger partial charge in [-0.1, -0.05) is 24.3 Å². The Morgan fingerprint density at radius 3 is 2.79 bits per heavy atom. The molecule has 140 valence electrons. The second kappa shape index (κ2) is 8.12. The van der Waals surface area contributed by atoms with Crippen LogP contribution in [0.3, 0.4) is 0 Å². The van der Waals surface area contributed by atoms with Crippen LogP contribution in [-0.4, -0.2) is 35.6 Å². The molecule has 0 aliphatic heterocycles. The summed E-state index contributed by atoms with van der Waals surface area (Å²) in [5, 5.41) is 14.0. The van der Waals surface area contributed by atoms with Crippen molar-refractivity contribution in [2.75, 3.05) is 5.32 Å². The molecule has 9 heteroatoms. The lowest BCUT2D eigenvalue weighted by Gasteiger charge is -2.11. The van der Waals surface area contributed by atoms with Crippen LogP contribution in [0.15, 0.2) is 73.7 Å². The van der Waals surface area contributed by atoms with Crippen LogP contribution in [0.4, 0.5) is 10.5 Å². The molecule has 3 aromatic heterocycles. The first-order valence-corrected chi connectivity index (χ1v) is 8.68. The zero-order valence-corrected chi connectivity index (χ0v) is 14.9. The highest BCUT2D eigenvalue weighted by atomic mass is 16.2. The van der Waals surface area contributed by atoms with Crippen LogP contribution in [-0.2, 0) is 13.1 Å². The Hall–Kier alpha value is -4.01. The largest absolute Gasteiger partial charge is 0.334 e. The van der Waals surface area contributed by atoms with E-state index < -0.39 is 0 Å². The van der Waals surface area contributed by atoms with Gasteiger partial charge in [0.15, 0.2) is 5.82 Å². The first-order chi connectivity index (χ1) is 13.8. The number of rotatable bonds is 6. The Kier molecular flexibility index (Phi) is 5.05. The zero-order chi connectivity index (χ0) is 19.2. The smallest absolute Gasteiger partial charge is 0.319 e. The quantitative estimate of drug-likeness (QED) is 0.539. The highest BCUT2D eigenvalue weighted by Crippen LogP contribution is 2.16. The van der Waals surface area contributed by atoms with Crippen molar-refractivity contribution in [2.24, 2.45) is 0 Å². The molecule has 0 bridgehead atoms. The van der Waals surface area contributed by atoms with Crippen molar-refractivity contribution in [1.82, 2.24) is 34.8 Å². The van der Waals surface area contributed by atoms with Gasteiger partial charge in [-0.2, -0.15) is 10.2 Å². The average Bonchev–Trinajstić information content (AvgIpc) is 3.41. The zero-order valence-electron chi connectivity index (χ0n) is 14.9. The van der Waals surface area contributed by atoms with Gasteiger partial charge in [0.05, 0.1) is 12.2 Å². The fourth-order valence-electron chi connectivity index (χ4n) is 2.76. The van der Waals surface area contributed by atoms with E-state index in [1.165, 1.54) is 6.33 Å². The van der Waals surface area contributed by atoms with Gasteiger partial charge in [-0.3, -0.25) is 0 Å². The van der Waals surface area contributed by atoms with Crippen LogP contribution in [0.1, 0.15) is 11.1 Å². The maximum atomic E-state index is 12.3. The number of urea groups is 1. The van der Waals surface area contributed by atoms with Gasteiger partial charge in [-0.25, -0.2) is 24.1 Å². The van der Waals surface area contributed by atoms with Crippen molar-refractivity contribution >= 4 is 11.7 Å². The Labute approximate surface area is 161 Å². The van der Waals surface area contributed by atoms with Gasteiger partial charge >= 0.3 is 6.03 Å². The normalized spacial score (nSPS) is 10.6. The molecule has 28 heavy (non-hydrogen) atoms. The molecule has 0 saturated carbocycles. The Morgan fingerprint density at radius 2 is 1.96 bits per heavy atom. The summed E-state index contributed by atoms with van der Waals surface area (Å²) in [5.41, 5.74) is 2.65. The number of pyridine rings is 1. The molecule has 0 spiro atoms. The summed E-state index contributed by atoms with van der Waals surface area (Å²) in [6, 6.07) is 13.0. The second-order valence-corrected chi connectivity index (χ2v) is 6.05. The topological polar surface area (TPSA) is 103 Å². The summed E-state index contributed by atoms with van der Waals surface area (Å²) in [5.74, 6) is 0.553. The highest BCUT2D eigenvalue weighted by molar-refractivity contribution is 5.90. The van der Waals surface area contributed by atoms with Gasteiger partial charge in [0, 0.05) is 25.1 Å². The van der Waals surface area contributed by atoms with Crippen LogP contribution in [0.25, 0.3) is 5.82 Å². The molecule has 9 nitrogen and oxygen atoms in total. The van der Waals surface area contributed by atoms with Crippen LogP contribution >= 0.6 is 0 Å². The number of benzene rings is 1. The minimum Gasteiger partial charge on any atom is -0.334 e. The van der Waals surface area contributed by atoms with Gasteiger partial charge < -0.3 is 10.6 Å². The van der Waals surface area contributed by atoms with Crippen LogP contribution in [0, 0.1) is 0 Å². The van der Waals surface area contributed by atoms with Gasteiger partial charge in [0.25, 0.3) is 0 Å². The van der Waals surface area contributed by atoms with Gasteiger partial charge in [-0.15, -0.1) is 0 Å². The van der Waals surface area contributed by atoms with Crippen molar-refractivity contribution in [3.63, 3.8) is 0 Å². The molecular formula is C19H18N8O. The lowest BCUT2D eigenvalue weighted by molar-refractivity contribution is 0.251. The number of carbonyl (C=O) groups excluding carboxylic acids is 1. The number of anilines is 1. The third kappa shape index (κ3) is 4.21. The number of hydrogen-bond donors (Lipinski definition) is 2. The maximum absolute atomic E-state index is 12.3. The average molecular weight is 374 g/mol. The van der Waals surface area contributed by atoms with Crippen molar-refractivity contribution in [1.29, 1.82) is 0 Å². The molecule has 0 aliphatic rings. The van der Waals surface area contributed by atoms with Crippen molar-refractivity contribution < 1.29 is 4.79 Å².